The lowest BCUT2D eigenvalue weighted by atomic mass is 10.0. The number of hydrogen-bond acceptors (Lipinski definition) is 8. The van der Waals surface area contributed by atoms with Crippen LogP contribution in [0.4, 0.5) is 33.9 Å². The van der Waals surface area contributed by atoms with Gasteiger partial charge < -0.3 is 20.1 Å². The Kier molecular flexibility index (Phi) is 9.66. The molecule has 3 N–H and O–H groups in total. The van der Waals surface area contributed by atoms with Crippen LogP contribution in [0, 0.1) is 5.82 Å². The highest BCUT2D eigenvalue weighted by atomic mass is 32.2. The number of nitrogens with one attached hydrogen (secondary N) is 1. The number of alkyl halides is 3. The van der Waals surface area contributed by atoms with Crippen molar-refractivity contribution < 1.29 is 27.1 Å². The average Bonchev–Trinajstić information content (AvgIpc) is 3.54. The minimum absolute atomic E-state index is 0.0114. The van der Waals surface area contributed by atoms with Gasteiger partial charge in [-0.05, 0) is 57.7 Å². The fourth-order valence-corrected chi connectivity index (χ4v) is 5.22. The van der Waals surface area contributed by atoms with E-state index in [9.17, 15) is 22.4 Å². The Morgan fingerprint density at radius 1 is 1.20 bits per heavy atom. The zero-order valence-corrected chi connectivity index (χ0v) is 26.2. The van der Waals surface area contributed by atoms with Crippen LogP contribution >= 0.6 is 11.9 Å². The van der Waals surface area contributed by atoms with E-state index in [1.807, 2.05) is 38.6 Å². The van der Waals surface area contributed by atoms with Crippen LogP contribution in [0.25, 0.3) is 33.3 Å². The number of nitrogens with zero attached hydrogens (tertiary/aromatic N) is 6. The number of aromatic nitrogens is 5. The summed E-state index contributed by atoms with van der Waals surface area (Å²) in [7, 11) is 3.44. The first-order chi connectivity index (χ1) is 20.6. The van der Waals surface area contributed by atoms with E-state index in [4.69, 9.17) is 10.5 Å². The Morgan fingerprint density at radius 3 is 2.57 bits per heavy atom. The van der Waals surface area contributed by atoms with Gasteiger partial charge in [0.1, 0.15) is 28.7 Å². The van der Waals surface area contributed by atoms with Crippen molar-refractivity contribution in [2.75, 3.05) is 29.8 Å². The summed E-state index contributed by atoms with van der Waals surface area (Å²) in [6, 6.07) is 4.13. The van der Waals surface area contributed by atoms with Gasteiger partial charge in [-0.2, -0.15) is 23.4 Å². The van der Waals surface area contributed by atoms with Crippen LogP contribution in [0.2, 0.25) is 0 Å². The zero-order valence-electron chi connectivity index (χ0n) is 25.4. The fraction of sp³-hybridized carbons (Fsp3) is 0.448. The number of nitrogen functional groups attached to an aromatic ring is 1. The molecular weight excluding hydrogens is 600 g/mol. The van der Waals surface area contributed by atoms with Crippen LogP contribution in [0.15, 0.2) is 36.8 Å². The molecule has 44 heavy (non-hydrogen) atoms. The first-order valence-corrected chi connectivity index (χ1v) is 14.9. The summed E-state index contributed by atoms with van der Waals surface area (Å²) < 4.78 is 63.6. The molecule has 238 valence electrons. The number of hydrogen-bond donors (Lipinski definition) is 2. The molecule has 4 aromatic rings. The lowest BCUT2D eigenvalue weighted by molar-refractivity contribution is -0.105. The number of ether oxygens (including phenoxy) is 1. The van der Waals surface area contributed by atoms with E-state index < -0.39 is 23.3 Å². The second-order valence-corrected chi connectivity index (χ2v) is 12.2. The Morgan fingerprint density at radius 2 is 1.93 bits per heavy atom. The van der Waals surface area contributed by atoms with E-state index in [1.54, 1.807) is 42.1 Å². The molecule has 0 radical (unpaired) electrons. The summed E-state index contributed by atoms with van der Waals surface area (Å²) in [5, 5.41) is 9.70. The number of nitrogens with two attached hydrogens (primary N) is 1. The largest absolute Gasteiger partial charge is 0.444 e. The molecule has 0 aliphatic heterocycles. The third kappa shape index (κ3) is 7.73. The van der Waals surface area contributed by atoms with Crippen LogP contribution in [0.3, 0.4) is 0 Å². The molecule has 0 bridgehead atoms. The number of carbonyl (C=O) groups excluding carboxylic acids is 1. The molecule has 1 atom stereocenters. The zero-order chi connectivity index (χ0) is 32.4. The molecule has 1 aromatic carbocycles. The lowest BCUT2D eigenvalue weighted by Crippen LogP contribution is -2.35. The van der Waals surface area contributed by atoms with Gasteiger partial charge in [-0.15, -0.1) is 0 Å². The van der Waals surface area contributed by atoms with E-state index >= 15 is 0 Å². The van der Waals surface area contributed by atoms with Crippen molar-refractivity contribution in [1.82, 2.24) is 29.4 Å². The molecule has 1 unspecified atom stereocenters. The number of halogens is 4. The van der Waals surface area contributed by atoms with E-state index in [0.717, 1.165) is 12.0 Å². The van der Waals surface area contributed by atoms with Gasteiger partial charge in [-0.3, -0.25) is 9.36 Å². The third-order valence-electron chi connectivity index (χ3n) is 6.81. The minimum atomic E-state index is -4.38. The van der Waals surface area contributed by atoms with Crippen molar-refractivity contribution in [2.24, 2.45) is 7.05 Å². The molecule has 0 aliphatic carbocycles. The van der Waals surface area contributed by atoms with Gasteiger partial charge >= 0.3 is 12.3 Å². The standard InChI is InChI=1S/C29H36F4N8O2S/c1-7-19(10-11-39(5)27(42)43-28(2,3)4)41-15-18(13-36-41)20-14-35-26(34)23-24(37-40(6)25(20)23)17-8-9-22(21(30)12-17)38-44-16-29(31,32)33/h8-9,12-15,19,38H,7,10-11,16H2,1-6H3,(H2,34,35). The van der Waals surface area contributed by atoms with Crippen molar-refractivity contribution in [3.63, 3.8) is 0 Å². The van der Waals surface area contributed by atoms with Crippen molar-refractivity contribution in [1.29, 1.82) is 0 Å². The van der Waals surface area contributed by atoms with Crippen molar-refractivity contribution in [3.8, 4) is 22.4 Å². The molecule has 3 aromatic heterocycles. The van der Waals surface area contributed by atoms with Crippen LogP contribution in [0.1, 0.15) is 46.6 Å². The second kappa shape index (κ2) is 12.9. The molecule has 0 saturated heterocycles. The average molecular weight is 637 g/mol. The normalized spacial score (nSPS) is 12.9. The number of aryl methyl sites for hydroxylation is 1. The number of rotatable bonds is 10. The smallest absolute Gasteiger partial charge is 0.410 e. The maximum Gasteiger partial charge on any atom is 0.410 e. The first-order valence-electron chi connectivity index (χ1n) is 13.9. The first kappa shape index (κ1) is 32.9. The summed E-state index contributed by atoms with van der Waals surface area (Å²) in [5.74, 6) is -1.70. The number of carbonyl (C=O) groups is 1. The molecule has 0 fully saturated rings. The Hall–Kier alpha value is -4.01. The SMILES string of the molecule is CCC(CCN(C)C(=O)OC(C)(C)C)n1cc(-c2cnc(N)c3c(-c4ccc(NSCC(F)(F)F)c(F)c4)nn(C)c23)cn1. The second-order valence-electron chi connectivity index (χ2n) is 11.4. The van der Waals surface area contributed by atoms with Crippen molar-refractivity contribution >= 4 is 40.4 Å². The van der Waals surface area contributed by atoms with Crippen molar-refractivity contribution in [3.05, 3.63) is 42.6 Å². The quantitative estimate of drug-likeness (QED) is 0.141. The molecule has 0 aliphatic rings. The predicted octanol–water partition coefficient (Wildman–Crippen LogP) is 7.05. The van der Waals surface area contributed by atoms with Gasteiger partial charge in [-0.25, -0.2) is 14.2 Å². The number of pyridine rings is 1. The van der Waals surface area contributed by atoms with Gasteiger partial charge in [0, 0.05) is 49.7 Å². The number of anilines is 2. The molecule has 0 spiro atoms. The summed E-state index contributed by atoms with van der Waals surface area (Å²) in [5.41, 5.74) is 8.54. The summed E-state index contributed by atoms with van der Waals surface area (Å²) in [4.78, 5) is 18.3. The molecule has 0 saturated carbocycles. The van der Waals surface area contributed by atoms with Gasteiger partial charge in [0.05, 0.1) is 28.8 Å². The Labute approximate surface area is 257 Å². The topological polar surface area (TPSA) is 116 Å². The van der Waals surface area contributed by atoms with Gasteiger partial charge in [0.2, 0.25) is 0 Å². The van der Waals surface area contributed by atoms with E-state index in [-0.39, 0.29) is 23.6 Å². The van der Waals surface area contributed by atoms with Crippen LogP contribution in [-0.2, 0) is 11.8 Å². The highest BCUT2D eigenvalue weighted by Crippen LogP contribution is 2.38. The van der Waals surface area contributed by atoms with Gasteiger partial charge in [-0.1, -0.05) is 13.0 Å². The van der Waals surface area contributed by atoms with E-state index in [0.29, 0.717) is 52.6 Å². The van der Waals surface area contributed by atoms with Gasteiger partial charge in [0.15, 0.2) is 0 Å². The van der Waals surface area contributed by atoms with Gasteiger partial charge in [0.25, 0.3) is 0 Å². The maximum absolute atomic E-state index is 14.9. The number of benzene rings is 1. The fourth-order valence-electron chi connectivity index (χ4n) is 4.66. The Bertz CT molecular complexity index is 1630. The molecule has 4 rings (SSSR count). The predicted molar refractivity (Wildman–Crippen MR) is 164 cm³/mol. The molecule has 3 heterocycles. The van der Waals surface area contributed by atoms with Crippen LogP contribution in [0.5, 0.6) is 0 Å². The molecule has 10 nitrogen and oxygen atoms in total. The van der Waals surface area contributed by atoms with Crippen LogP contribution < -0.4 is 10.5 Å². The summed E-state index contributed by atoms with van der Waals surface area (Å²) in [6.07, 6.45) is 1.92. The molecule has 15 heteroatoms. The highest BCUT2D eigenvalue weighted by molar-refractivity contribution is 8.00. The lowest BCUT2D eigenvalue weighted by Gasteiger charge is -2.26. The number of amides is 1. The highest BCUT2D eigenvalue weighted by Gasteiger charge is 2.27. The summed E-state index contributed by atoms with van der Waals surface area (Å²) in [6.45, 7) is 8.00. The van der Waals surface area contributed by atoms with Crippen LogP contribution in [-0.4, -0.2) is 66.7 Å². The number of fused-ring (bicyclic) bond motifs is 1. The monoisotopic (exact) mass is 636 g/mol. The Balaban J connectivity index is 1.59. The maximum atomic E-state index is 14.9. The van der Waals surface area contributed by atoms with E-state index in [1.165, 1.54) is 12.1 Å². The minimum Gasteiger partial charge on any atom is -0.444 e. The summed E-state index contributed by atoms with van der Waals surface area (Å²) >= 11 is 0.355. The van der Waals surface area contributed by atoms with E-state index in [2.05, 4.69) is 19.9 Å². The molecule has 1 amide bonds. The third-order valence-corrected chi connectivity index (χ3v) is 7.65. The van der Waals surface area contributed by atoms with Crippen molar-refractivity contribution in [2.45, 2.75) is 58.4 Å². The molecular formula is C29H36F4N8O2S.